The van der Waals surface area contributed by atoms with Gasteiger partial charge in [-0.25, -0.2) is 4.90 Å². The molecule has 2 amide bonds. The standard InChI is InChI=1S/C29H23N3O6/c1-36-19-9-6-16(7-10-19)27(33)26-24-23(25-20-5-3-2-4-17(20)15-30-32(25)26)28(34)31(29(24)35)18-8-11-21-22(14-18)38-13-12-37-21/h2-11,14-15,23-26H,12-13H2,1H3/t23-,24+,25-,26-/m1/s1. The van der Waals surface area contributed by atoms with E-state index in [1.807, 2.05) is 24.3 Å². The van der Waals surface area contributed by atoms with E-state index in [0.29, 0.717) is 41.7 Å². The van der Waals surface area contributed by atoms with Gasteiger partial charge >= 0.3 is 0 Å². The first-order valence-electron chi connectivity index (χ1n) is 12.4. The summed E-state index contributed by atoms with van der Waals surface area (Å²) < 4.78 is 16.5. The lowest BCUT2D eigenvalue weighted by atomic mass is 9.83. The molecule has 3 aromatic carbocycles. The molecule has 0 bridgehead atoms. The van der Waals surface area contributed by atoms with Crippen LogP contribution in [0, 0.1) is 11.8 Å². The number of rotatable bonds is 4. The summed E-state index contributed by atoms with van der Waals surface area (Å²) >= 11 is 0. The summed E-state index contributed by atoms with van der Waals surface area (Å²) in [5.41, 5.74) is 2.55. The molecule has 2 fully saturated rings. The molecule has 0 N–H and O–H groups in total. The Bertz CT molecular complexity index is 1520. The van der Waals surface area contributed by atoms with Crippen LogP contribution >= 0.6 is 0 Å². The molecule has 9 heteroatoms. The lowest BCUT2D eigenvalue weighted by Crippen LogP contribution is -2.44. The number of benzene rings is 3. The summed E-state index contributed by atoms with van der Waals surface area (Å²) in [6, 6.07) is 17.9. The number of Topliss-reactive ketones (excluding diaryl/α,β-unsaturated/α-hetero) is 1. The van der Waals surface area contributed by atoms with Gasteiger partial charge < -0.3 is 14.2 Å². The number of fused-ring (bicyclic) bond motifs is 6. The molecule has 0 radical (unpaired) electrons. The van der Waals surface area contributed by atoms with E-state index in [9.17, 15) is 14.4 Å². The largest absolute Gasteiger partial charge is 0.497 e. The molecular formula is C29H23N3O6. The number of hydrogen-bond donors (Lipinski definition) is 0. The predicted molar refractivity (Wildman–Crippen MR) is 137 cm³/mol. The number of hydrazone groups is 1. The highest BCUT2D eigenvalue weighted by molar-refractivity contribution is 6.24. The van der Waals surface area contributed by atoms with E-state index in [1.54, 1.807) is 60.8 Å². The van der Waals surface area contributed by atoms with Gasteiger partial charge in [0.25, 0.3) is 0 Å². The summed E-state index contributed by atoms with van der Waals surface area (Å²) in [6.45, 7) is 0.818. The van der Waals surface area contributed by atoms with Gasteiger partial charge in [0, 0.05) is 11.6 Å². The van der Waals surface area contributed by atoms with Crippen molar-refractivity contribution in [3.05, 3.63) is 83.4 Å². The first-order chi connectivity index (χ1) is 18.6. The number of hydrogen-bond acceptors (Lipinski definition) is 8. The van der Waals surface area contributed by atoms with Crippen LogP contribution in [-0.2, 0) is 9.59 Å². The number of imide groups is 1. The number of carbonyl (C=O) groups is 3. The van der Waals surface area contributed by atoms with Gasteiger partial charge in [0.05, 0.1) is 36.9 Å². The number of ether oxygens (including phenoxy) is 3. The maximum atomic E-state index is 14.1. The highest BCUT2D eigenvalue weighted by atomic mass is 16.6. The third-order valence-electron chi connectivity index (χ3n) is 7.72. The lowest BCUT2D eigenvalue weighted by molar-refractivity contribution is -0.124. The van der Waals surface area contributed by atoms with Crippen molar-refractivity contribution in [2.24, 2.45) is 16.9 Å². The average molecular weight is 510 g/mol. The van der Waals surface area contributed by atoms with Crippen LogP contribution < -0.4 is 19.1 Å². The van der Waals surface area contributed by atoms with Gasteiger partial charge in [-0.2, -0.15) is 5.10 Å². The van der Waals surface area contributed by atoms with Gasteiger partial charge in [0.1, 0.15) is 25.0 Å². The van der Waals surface area contributed by atoms with E-state index in [0.717, 1.165) is 11.1 Å². The highest BCUT2D eigenvalue weighted by Gasteiger charge is 2.65. The van der Waals surface area contributed by atoms with Crippen molar-refractivity contribution in [2.45, 2.75) is 12.1 Å². The number of nitrogens with zero attached hydrogens (tertiary/aromatic N) is 3. The molecule has 0 unspecified atom stereocenters. The molecule has 4 atom stereocenters. The van der Waals surface area contributed by atoms with Crippen molar-refractivity contribution in [3.8, 4) is 17.2 Å². The third kappa shape index (κ3) is 3.17. The average Bonchev–Trinajstić information content (AvgIpc) is 3.44. The molecule has 3 aromatic rings. The summed E-state index contributed by atoms with van der Waals surface area (Å²) in [7, 11) is 1.55. The van der Waals surface area contributed by atoms with Gasteiger partial charge in [0.2, 0.25) is 11.8 Å². The van der Waals surface area contributed by atoms with Crippen LogP contribution in [0.3, 0.4) is 0 Å². The Morgan fingerprint density at radius 2 is 1.66 bits per heavy atom. The number of amides is 2. The van der Waals surface area contributed by atoms with Crippen molar-refractivity contribution in [3.63, 3.8) is 0 Å². The zero-order valence-corrected chi connectivity index (χ0v) is 20.4. The van der Waals surface area contributed by atoms with Crippen LogP contribution in [0.4, 0.5) is 5.69 Å². The zero-order chi connectivity index (χ0) is 26.0. The van der Waals surface area contributed by atoms with Gasteiger partial charge in [-0.15, -0.1) is 0 Å². The van der Waals surface area contributed by atoms with Crippen LogP contribution in [0.1, 0.15) is 27.5 Å². The third-order valence-corrected chi connectivity index (χ3v) is 7.72. The molecule has 0 aliphatic carbocycles. The van der Waals surface area contributed by atoms with Crippen molar-refractivity contribution in [1.29, 1.82) is 0 Å². The molecule has 190 valence electrons. The van der Waals surface area contributed by atoms with Crippen LogP contribution in [0.15, 0.2) is 71.8 Å². The Labute approximate surface area is 218 Å². The fourth-order valence-corrected chi connectivity index (χ4v) is 6.02. The number of methoxy groups -OCH3 is 1. The maximum absolute atomic E-state index is 14.1. The van der Waals surface area contributed by atoms with Gasteiger partial charge in [-0.3, -0.25) is 19.4 Å². The fourth-order valence-electron chi connectivity index (χ4n) is 6.02. The summed E-state index contributed by atoms with van der Waals surface area (Å²) in [5, 5.41) is 6.26. The van der Waals surface area contributed by atoms with Crippen molar-refractivity contribution in [1.82, 2.24) is 5.01 Å². The van der Waals surface area contributed by atoms with E-state index < -0.39 is 29.8 Å². The van der Waals surface area contributed by atoms with Gasteiger partial charge in [-0.05, 0) is 47.5 Å². The highest BCUT2D eigenvalue weighted by Crippen LogP contribution is 2.53. The predicted octanol–water partition coefficient (Wildman–Crippen LogP) is 3.23. The Hall–Kier alpha value is -4.66. The van der Waals surface area contributed by atoms with E-state index in [-0.39, 0.29) is 11.7 Å². The minimum absolute atomic E-state index is 0.271. The van der Waals surface area contributed by atoms with Gasteiger partial charge in [-0.1, -0.05) is 24.3 Å². The van der Waals surface area contributed by atoms with Crippen molar-refractivity contribution in [2.75, 3.05) is 25.2 Å². The van der Waals surface area contributed by atoms with Gasteiger partial charge in [0.15, 0.2) is 17.3 Å². The smallest absolute Gasteiger partial charge is 0.240 e. The molecule has 2 saturated heterocycles. The maximum Gasteiger partial charge on any atom is 0.240 e. The number of ketones is 1. The lowest BCUT2D eigenvalue weighted by Gasteiger charge is -2.34. The fraction of sp³-hybridized carbons (Fsp3) is 0.241. The molecule has 0 spiro atoms. The molecule has 4 heterocycles. The molecule has 38 heavy (non-hydrogen) atoms. The normalized spacial score (nSPS) is 24.7. The van der Waals surface area contributed by atoms with Crippen molar-refractivity contribution >= 4 is 29.5 Å². The quantitative estimate of drug-likeness (QED) is 0.394. The Kier molecular flexibility index (Phi) is 5.01. The van der Waals surface area contributed by atoms with E-state index in [1.165, 1.54) is 4.90 Å². The van der Waals surface area contributed by atoms with Crippen LogP contribution in [0.5, 0.6) is 17.2 Å². The van der Waals surface area contributed by atoms with E-state index in [4.69, 9.17) is 14.2 Å². The summed E-state index contributed by atoms with van der Waals surface area (Å²) in [5.74, 6) is -1.08. The summed E-state index contributed by atoms with van der Waals surface area (Å²) in [6.07, 6.45) is 1.69. The molecule has 4 aliphatic heterocycles. The number of carbonyl (C=O) groups excluding carboxylic acids is 3. The molecule has 0 aromatic heterocycles. The second-order valence-corrected chi connectivity index (χ2v) is 9.63. The summed E-state index contributed by atoms with van der Waals surface area (Å²) in [4.78, 5) is 43.3. The Morgan fingerprint density at radius 3 is 2.45 bits per heavy atom. The monoisotopic (exact) mass is 509 g/mol. The van der Waals surface area contributed by atoms with E-state index >= 15 is 0 Å². The molecular weight excluding hydrogens is 486 g/mol. The molecule has 0 saturated carbocycles. The van der Waals surface area contributed by atoms with Crippen molar-refractivity contribution < 1.29 is 28.6 Å². The number of anilines is 1. The first-order valence-corrected chi connectivity index (χ1v) is 12.4. The minimum Gasteiger partial charge on any atom is -0.497 e. The first kappa shape index (κ1) is 22.5. The molecule has 7 rings (SSSR count). The van der Waals surface area contributed by atoms with Crippen LogP contribution in [0.2, 0.25) is 0 Å². The second kappa shape index (κ2) is 8.44. The SMILES string of the molecule is COc1ccc(C(=O)[C@H]2[C@H]3C(=O)N(c4ccc5c(c4)OCCO5)C(=O)[C@H]3[C@H]3c4ccccc4C=NN32)cc1. The Morgan fingerprint density at radius 1 is 0.921 bits per heavy atom. The topological polar surface area (TPSA) is 97.7 Å². The second-order valence-electron chi connectivity index (χ2n) is 9.63. The molecule has 4 aliphatic rings. The minimum atomic E-state index is -0.943. The zero-order valence-electron chi connectivity index (χ0n) is 20.4. The molecule has 9 nitrogen and oxygen atoms in total. The Balaban J connectivity index is 1.33. The van der Waals surface area contributed by atoms with Crippen LogP contribution in [-0.4, -0.2) is 55.2 Å². The van der Waals surface area contributed by atoms with E-state index in [2.05, 4.69) is 5.10 Å². The van der Waals surface area contributed by atoms with Crippen LogP contribution in [0.25, 0.3) is 0 Å².